The molecular weight excluding hydrogens is 344 g/mol. The maximum Gasteiger partial charge on any atom is 0.227 e. The number of fused-ring (bicyclic) bond motifs is 1. The summed E-state index contributed by atoms with van der Waals surface area (Å²) in [6.07, 6.45) is 0.440. The molecule has 1 atom stereocenters. The van der Waals surface area contributed by atoms with Crippen molar-refractivity contribution >= 4 is 27.3 Å². The van der Waals surface area contributed by atoms with Gasteiger partial charge in [-0.1, -0.05) is 36.4 Å². The first kappa shape index (κ1) is 17.1. The van der Waals surface area contributed by atoms with Crippen molar-refractivity contribution in [1.82, 2.24) is 10.2 Å². The van der Waals surface area contributed by atoms with Crippen molar-refractivity contribution in [3.05, 3.63) is 65.0 Å². The van der Waals surface area contributed by atoms with E-state index in [1.54, 1.807) is 18.4 Å². The summed E-state index contributed by atoms with van der Waals surface area (Å²) in [5.74, 6) is 1.01. The van der Waals surface area contributed by atoms with Gasteiger partial charge >= 0.3 is 0 Å². The minimum absolute atomic E-state index is 0.00250. The van der Waals surface area contributed by atoms with Crippen molar-refractivity contribution < 1.29 is 9.53 Å². The fraction of sp³-hybridized carbons (Fsp3) is 0.286. The van der Waals surface area contributed by atoms with Crippen LogP contribution in [0.2, 0.25) is 0 Å². The number of hydrogen-bond donors (Lipinski definition) is 1. The lowest BCUT2D eigenvalue weighted by molar-refractivity contribution is -0.133. The number of thiophene rings is 1. The second-order valence-corrected chi connectivity index (χ2v) is 7.39. The van der Waals surface area contributed by atoms with Gasteiger partial charge in [0.2, 0.25) is 5.91 Å². The number of nitrogens with zero attached hydrogens (tertiary/aromatic N) is 1. The molecule has 1 saturated heterocycles. The van der Waals surface area contributed by atoms with Crippen LogP contribution in [0.1, 0.15) is 17.2 Å². The molecule has 1 aliphatic heterocycles. The lowest BCUT2D eigenvalue weighted by Crippen LogP contribution is -2.49. The summed E-state index contributed by atoms with van der Waals surface area (Å²) in [6, 6.07) is 16.3. The molecule has 3 aromatic rings. The number of amides is 1. The number of benzene rings is 2. The Hall–Kier alpha value is -2.37. The number of nitrogens with one attached hydrogen (secondary N) is 1. The molecule has 5 heteroatoms. The van der Waals surface area contributed by atoms with Crippen LogP contribution in [-0.2, 0) is 11.2 Å². The summed E-state index contributed by atoms with van der Waals surface area (Å²) in [5.41, 5.74) is 2.18. The molecule has 4 rings (SSSR count). The van der Waals surface area contributed by atoms with Crippen molar-refractivity contribution in [2.45, 2.75) is 12.5 Å². The van der Waals surface area contributed by atoms with Gasteiger partial charge in [-0.15, -0.1) is 11.3 Å². The number of ether oxygens (including phenoxy) is 1. The van der Waals surface area contributed by atoms with E-state index < -0.39 is 0 Å². The average Bonchev–Trinajstić information content (AvgIpc) is 3.11. The molecule has 1 fully saturated rings. The van der Waals surface area contributed by atoms with Crippen molar-refractivity contribution in [3.63, 3.8) is 0 Å². The highest BCUT2D eigenvalue weighted by molar-refractivity contribution is 7.17. The number of piperazine rings is 1. The lowest BCUT2D eigenvalue weighted by atomic mass is 10.0. The third kappa shape index (κ3) is 3.20. The van der Waals surface area contributed by atoms with Crippen LogP contribution >= 0.6 is 11.3 Å². The first-order valence-electron chi connectivity index (χ1n) is 8.86. The molecule has 0 saturated carbocycles. The molecule has 0 spiro atoms. The SMILES string of the molecule is COc1ccccc1C1CNCCN1C(=O)Cc1csc2ccccc12. The van der Waals surface area contributed by atoms with E-state index in [0.717, 1.165) is 30.0 Å². The van der Waals surface area contributed by atoms with E-state index in [2.05, 4.69) is 28.9 Å². The van der Waals surface area contributed by atoms with E-state index in [1.807, 2.05) is 35.2 Å². The molecule has 26 heavy (non-hydrogen) atoms. The van der Waals surface area contributed by atoms with E-state index in [-0.39, 0.29) is 11.9 Å². The lowest BCUT2D eigenvalue weighted by Gasteiger charge is -2.37. The average molecular weight is 366 g/mol. The second-order valence-electron chi connectivity index (χ2n) is 6.48. The van der Waals surface area contributed by atoms with E-state index in [1.165, 1.54) is 10.1 Å². The van der Waals surface area contributed by atoms with Gasteiger partial charge in [0, 0.05) is 29.9 Å². The van der Waals surface area contributed by atoms with Crippen LogP contribution in [0.3, 0.4) is 0 Å². The zero-order chi connectivity index (χ0) is 17.9. The third-order valence-corrected chi connectivity index (χ3v) is 5.98. The topological polar surface area (TPSA) is 41.6 Å². The van der Waals surface area contributed by atoms with E-state index in [9.17, 15) is 4.79 Å². The number of carbonyl (C=O) groups excluding carboxylic acids is 1. The van der Waals surface area contributed by atoms with Gasteiger partial charge in [0.15, 0.2) is 0 Å². The Morgan fingerprint density at radius 1 is 1.23 bits per heavy atom. The van der Waals surface area contributed by atoms with Gasteiger partial charge in [-0.05, 0) is 28.5 Å². The molecule has 0 bridgehead atoms. The standard InChI is InChI=1S/C21H22N2O2S/c1-25-19-8-4-2-7-17(19)18-13-22-10-11-23(18)21(24)12-15-14-26-20-9-5-3-6-16(15)20/h2-9,14,18,22H,10-13H2,1H3. The smallest absolute Gasteiger partial charge is 0.227 e. The fourth-order valence-electron chi connectivity index (χ4n) is 3.66. The van der Waals surface area contributed by atoms with Crippen LogP contribution < -0.4 is 10.1 Å². The van der Waals surface area contributed by atoms with Gasteiger partial charge in [-0.3, -0.25) is 4.79 Å². The number of para-hydroxylation sites is 1. The molecule has 0 aliphatic carbocycles. The Kier molecular flexibility index (Phi) is 4.91. The van der Waals surface area contributed by atoms with Crippen LogP contribution in [0.5, 0.6) is 5.75 Å². The number of carbonyl (C=O) groups is 1. The molecule has 1 amide bonds. The summed E-state index contributed by atoms with van der Waals surface area (Å²) >= 11 is 1.70. The third-order valence-electron chi connectivity index (χ3n) is 4.96. The monoisotopic (exact) mass is 366 g/mol. The zero-order valence-electron chi connectivity index (χ0n) is 14.8. The maximum atomic E-state index is 13.2. The number of hydrogen-bond acceptors (Lipinski definition) is 4. The largest absolute Gasteiger partial charge is 0.496 e. The Balaban J connectivity index is 1.61. The van der Waals surface area contributed by atoms with Gasteiger partial charge < -0.3 is 15.0 Å². The number of rotatable bonds is 4. The van der Waals surface area contributed by atoms with Crippen LogP contribution in [0.25, 0.3) is 10.1 Å². The Labute approximate surface area is 157 Å². The molecule has 2 heterocycles. The van der Waals surface area contributed by atoms with Gasteiger partial charge in [-0.25, -0.2) is 0 Å². The van der Waals surface area contributed by atoms with Gasteiger partial charge in [0.05, 0.1) is 19.6 Å². The first-order valence-corrected chi connectivity index (χ1v) is 9.74. The Morgan fingerprint density at radius 3 is 2.92 bits per heavy atom. The van der Waals surface area contributed by atoms with Crippen LogP contribution in [0.4, 0.5) is 0 Å². The molecule has 1 aromatic heterocycles. The highest BCUT2D eigenvalue weighted by Gasteiger charge is 2.30. The quantitative estimate of drug-likeness (QED) is 0.767. The Morgan fingerprint density at radius 2 is 2.04 bits per heavy atom. The van der Waals surface area contributed by atoms with Gasteiger partial charge in [0.25, 0.3) is 0 Å². The maximum absolute atomic E-state index is 13.2. The fourth-order valence-corrected chi connectivity index (χ4v) is 4.62. The molecule has 0 radical (unpaired) electrons. The van der Waals surface area contributed by atoms with Crippen molar-refractivity contribution in [2.24, 2.45) is 0 Å². The normalized spacial score (nSPS) is 17.4. The highest BCUT2D eigenvalue weighted by Crippen LogP contribution is 2.32. The molecule has 1 N–H and O–H groups in total. The molecule has 1 unspecified atom stereocenters. The predicted octanol–water partition coefficient (Wildman–Crippen LogP) is 3.63. The minimum Gasteiger partial charge on any atom is -0.496 e. The highest BCUT2D eigenvalue weighted by atomic mass is 32.1. The van der Waals surface area contributed by atoms with Crippen molar-refractivity contribution in [3.8, 4) is 5.75 Å². The van der Waals surface area contributed by atoms with E-state index in [0.29, 0.717) is 13.0 Å². The van der Waals surface area contributed by atoms with Crippen LogP contribution in [0, 0.1) is 0 Å². The zero-order valence-corrected chi connectivity index (χ0v) is 15.6. The van der Waals surface area contributed by atoms with Crippen molar-refractivity contribution in [1.29, 1.82) is 0 Å². The summed E-state index contributed by atoms with van der Waals surface area (Å²) in [7, 11) is 1.68. The summed E-state index contributed by atoms with van der Waals surface area (Å²) < 4.78 is 6.76. The van der Waals surface area contributed by atoms with Crippen LogP contribution in [0.15, 0.2) is 53.9 Å². The minimum atomic E-state index is -0.00250. The molecule has 2 aromatic carbocycles. The molecular formula is C21H22N2O2S. The van der Waals surface area contributed by atoms with Gasteiger partial charge in [0.1, 0.15) is 5.75 Å². The summed E-state index contributed by atoms with van der Waals surface area (Å²) in [5, 5.41) is 6.71. The number of methoxy groups -OCH3 is 1. The summed E-state index contributed by atoms with van der Waals surface area (Å²) in [6.45, 7) is 2.28. The Bertz CT molecular complexity index is 921. The van der Waals surface area contributed by atoms with Crippen molar-refractivity contribution in [2.75, 3.05) is 26.7 Å². The molecule has 1 aliphatic rings. The predicted molar refractivity (Wildman–Crippen MR) is 106 cm³/mol. The summed E-state index contributed by atoms with van der Waals surface area (Å²) in [4.78, 5) is 15.2. The first-order chi connectivity index (χ1) is 12.8. The van der Waals surface area contributed by atoms with E-state index in [4.69, 9.17) is 4.74 Å². The van der Waals surface area contributed by atoms with Crippen LogP contribution in [-0.4, -0.2) is 37.6 Å². The van der Waals surface area contributed by atoms with Gasteiger partial charge in [-0.2, -0.15) is 0 Å². The van der Waals surface area contributed by atoms with E-state index >= 15 is 0 Å². The molecule has 134 valence electrons. The second kappa shape index (κ2) is 7.48. The molecule has 4 nitrogen and oxygen atoms in total.